The lowest BCUT2D eigenvalue weighted by Crippen LogP contribution is -2.52. The maximum atomic E-state index is 13.0. The summed E-state index contributed by atoms with van der Waals surface area (Å²) in [6.07, 6.45) is 9.63. The lowest BCUT2D eigenvalue weighted by Gasteiger charge is -2.32. The van der Waals surface area contributed by atoms with Crippen molar-refractivity contribution >= 4 is 31.2 Å². The number of fused-ring (bicyclic) bond motifs is 1. The molecule has 2 aliphatic rings. The molecule has 1 aromatic carbocycles. The van der Waals surface area contributed by atoms with Gasteiger partial charge in [0.2, 0.25) is 5.91 Å². The third kappa shape index (κ3) is 6.32. The zero-order valence-corrected chi connectivity index (χ0v) is 18.3. The Morgan fingerprint density at radius 2 is 1.93 bits per heavy atom. The van der Waals surface area contributed by atoms with E-state index in [1.807, 2.05) is 48.6 Å². The number of aliphatic carboxylic acids is 1. The quantitative estimate of drug-likeness (QED) is 0.392. The molecular weight excluding hydrogens is 423 g/mol. The minimum atomic E-state index is -3.73. The van der Waals surface area contributed by atoms with Crippen LogP contribution in [0.1, 0.15) is 18.4 Å². The summed E-state index contributed by atoms with van der Waals surface area (Å²) >= 11 is 1.49. The Balaban J connectivity index is 1.60. The number of rotatable bonds is 9. The second kappa shape index (κ2) is 10.4. The molecule has 1 amide bonds. The van der Waals surface area contributed by atoms with E-state index in [2.05, 4.69) is 5.09 Å². The molecule has 30 heavy (non-hydrogen) atoms. The molecule has 0 saturated carbocycles. The Labute approximate surface area is 180 Å². The monoisotopic (exact) mass is 450 g/mol. The Morgan fingerprint density at radius 1 is 1.20 bits per heavy atom. The molecule has 1 aromatic rings. The summed E-state index contributed by atoms with van der Waals surface area (Å²) in [6, 6.07) is 8.66. The van der Waals surface area contributed by atoms with Crippen LogP contribution in [0.5, 0.6) is 0 Å². The first-order valence-electron chi connectivity index (χ1n) is 9.98. The van der Waals surface area contributed by atoms with Gasteiger partial charge in [-0.1, -0.05) is 54.6 Å². The molecule has 1 saturated heterocycles. The summed E-state index contributed by atoms with van der Waals surface area (Å²) in [4.78, 5) is 36.1. The predicted octanol–water partition coefficient (Wildman–Crippen LogP) is 2.68. The average Bonchev–Trinajstić information content (AvgIpc) is 2.84. The van der Waals surface area contributed by atoms with Gasteiger partial charge < -0.3 is 14.9 Å². The van der Waals surface area contributed by atoms with Gasteiger partial charge in [0.15, 0.2) is 0 Å². The van der Waals surface area contributed by atoms with Crippen molar-refractivity contribution in [2.75, 3.05) is 18.5 Å². The van der Waals surface area contributed by atoms with Gasteiger partial charge in [-0.25, -0.2) is 5.09 Å². The molecule has 0 spiro atoms. The van der Waals surface area contributed by atoms with Crippen LogP contribution in [0.15, 0.2) is 54.6 Å². The van der Waals surface area contributed by atoms with E-state index in [-0.39, 0.29) is 17.5 Å². The number of unbranched alkanes of at least 4 members (excludes halogenated alkanes) is 1. The third-order valence-corrected chi connectivity index (χ3v) is 8.12. The molecule has 4 atom stereocenters. The number of carbonyl (C=O) groups excluding carboxylic acids is 1. The van der Waals surface area contributed by atoms with Gasteiger partial charge in [0.05, 0.1) is 6.04 Å². The van der Waals surface area contributed by atoms with E-state index in [9.17, 15) is 24.2 Å². The second-order valence-corrected chi connectivity index (χ2v) is 10.8. The first kappa shape index (κ1) is 22.8. The van der Waals surface area contributed by atoms with Crippen molar-refractivity contribution in [3.8, 4) is 0 Å². The summed E-state index contributed by atoms with van der Waals surface area (Å²) in [5.41, 5.74) is 1.18. The number of aryl methyl sites for hydroxylation is 1. The van der Waals surface area contributed by atoms with E-state index in [1.54, 1.807) is 6.08 Å². The third-order valence-electron chi connectivity index (χ3n) is 5.14. The molecule has 4 unspecified atom stereocenters. The van der Waals surface area contributed by atoms with Crippen molar-refractivity contribution in [1.82, 2.24) is 9.99 Å². The topological polar surface area (TPSA) is 107 Å². The van der Waals surface area contributed by atoms with Crippen molar-refractivity contribution in [3.05, 3.63) is 60.2 Å². The Hall–Kier alpha value is -1.86. The minimum Gasteiger partial charge on any atom is -0.480 e. The zero-order valence-electron chi connectivity index (χ0n) is 16.6. The fourth-order valence-electron chi connectivity index (χ4n) is 3.67. The number of nitrogens with zero attached hydrogens (tertiary/aromatic N) is 1. The first-order valence-corrected chi connectivity index (χ1v) is 12.9. The molecule has 0 aromatic heterocycles. The van der Waals surface area contributed by atoms with Crippen molar-refractivity contribution in [1.29, 1.82) is 0 Å². The summed E-state index contributed by atoms with van der Waals surface area (Å²) in [6.45, 7) is -0.441. The molecule has 1 aliphatic heterocycles. The molecule has 162 valence electrons. The number of benzene rings is 1. The molecule has 0 bridgehead atoms. The highest BCUT2D eigenvalue weighted by Crippen LogP contribution is 2.39. The normalized spacial score (nSPS) is 25.4. The largest absolute Gasteiger partial charge is 0.480 e. The molecule has 0 radical (unpaired) electrons. The van der Waals surface area contributed by atoms with Crippen molar-refractivity contribution in [2.24, 2.45) is 0 Å². The standard InChI is InChI=1S/C21H27N2O5PS/c24-20(25)14-23-18-11-4-5-12-19(18)30-15-17(21(23)26)22-29(27,28)13-7-6-10-16-8-2-1-3-9-16/h1-5,8-9,11-12,17-19H,6-7,10,13-15H2,(H,24,25)(H2,22,27,28). The van der Waals surface area contributed by atoms with Crippen LogP contribution in [-0.2, 0) is 20.6 Å². The Bertz CT molecular complexity index is 860. The lowest BCUT2D eigenvalue weighted by atomic mass is 10.1. The number of hydrogen-bond donors (Lipinski definition) is 3. The molecule has 1 aliphatic carbocycles. The highest BCUT2D eigenvalue weighted by molar-refractivity contribution is 8.00. The summed E-state index contributed by atoms with van der Waals surface area (Å²) in [7, 11) is -3.73. The maximum Gasteiger partial charge on any atom is 0.323 e. The molecule has 1 heterocycles. The Kier molecular flexibility index (Phi) is 7.94. The molecular formula is C21H27N2O5PS. The highest BCUT2D eigenvalue weighted by atomic mass is 32.2. The van der Waals surface area contributed by atoms with E-state index in [0.29, 0.717) is 12.2 Å². The Morgan fingerprint density at radius 3 is 2.67 bits per heavy atom. The van der Waals surface area contributed by atoms with Crippen molar-refractivity contribution < 1.29 is 24.2 Å². The molecule has 3 rings (SSSR count). The van der Waals surface area contributed by atoms with Crippen LogP contribution >= 0.6 is 19.3 Å². The number of allylic oxidation sites excluding steroid dienone is 2. The van der Waals surface area contributed by atoms with Gasteiger partial charge in [-0.15, -0.1) is 11.8 Å². The number of carbonyl (C=O) groups is 2. The second-order valence-electron chi connectivity index (χ2n) is 7.47. The molecule has 3 N–H and O–H groups in total. The fraction of sp³-hybridized carbons (Fsp3) is 0.429. The first-order chi connectivity index (χ1) is 14.4. The molecule has 1 fully saturated rings. The van der Waals surface area contributed by atoms with Gasteiger partial charge in [-0.3, -0.25) is 14.2 Å². The summed E-state index contributed by atoms with van der Waals surface area (Å²) in [5, 5.41) is 11.8. The fourth-order valence-corrected chi connectivity index (χ4v) is 6.54. The van der Waals surface area contributed by atoms with E-state index in [0.717, 1.165) is 12.8 Å². The van der Waals surface area contributed by atoms with Gasteiger partial charge in [0, 0.05) is 17.2 Å². The van der Waals surface area contributed by atoms with E-state index < -0.39 is 32.0 Å². The van der Waals surface area contributed by atoms with Crippen LogP contribution in [0.2, 0.25) is 0 Å². The minimum absolute atomic E-state index is 0.0693. The lowest BCUT2D eigenvalue weighted by molar-refractivity contribution is -0.145. The molecule has 9 heteroatoms. The van der Waals surface area contributed by atoms with E-state index in [1.165, 1.54) is 22.2 Å². The van der Waals surface area contributed by atoms with Gasteiger partial charge in [0.25, 0.3) is 7.52 Å². The van der Waals surface area contributed by atoms with Crippen molar-refractivity contribution in [2.45, 2.75) is 36.6 Å². The number of amides is 1. The van der Waals surface area contributed by atoms with Crippen LogP contribution < -0.4 is 5.09 Å². The summed E-state index contributed by atoms with van der Waals surface area (Å²) < 4.78 is 12.7. The maximum absolute atomic E-state index is 13.0. The predicted molar refractivity (Wildman–Crippen MR) is 119 cm³/mol. The van der Waals surface area contributed by atoms with Crippen LogP contribution in [0.4, 0.5) is 0 Å². The van der Waals surface area contributed by atoms with Gasteiger partial charge in [-0.05, 0) is 24.8 Å². The van der Waals surface area contributed by atoms with Crippen LogP contribution in [-0.4, -0.2) is 62.6 Å². The smallest absolute Gasteiger partial charge is 0.323 e. The van der Waals surface area contributed by atoms with Gasteiger partial charge in [-0.2, -0.15) is 0 Å². The van der Waals surface area contributed by atoms with Gasteiger partial charge >= 0.3 is 5.97 Å². The number of thioether (sulfide) groups is 1. The van der Waals surface area contributed by atoms with Crippen LogP contribution in [0, 0.1) is 0 Å². The van der Waals surface area contributed by atoms with Crippen LogP contribution in [0.3, 0.4) is 0 Å². The number of carboxylic acid groups (broad SMARTS) is 1. The summed E-state index contributed by atoms with van der Waals surface area (Å²) in [5.74, 6) is -1.25. The molecule has 7 nitrogen and oxygen atoms in total. The van der Waals surface area contributed by atoms with Crippen molar-refractivity contribution in [3.63, 3.8) is 0 Å². The van der Waals surface area contributed by atoms with Crippen LogP contribution in [0.25, 0.3) is 0 Å². The van der Waals surface area contributed by atoms with Gasteiger partial charge in [0.1, 0.15) is 12.6 Å². The SMILES string of the molecule is O=C(O)CN1C(=O)C(NP(=O)(O)CCCCc2ccccc2)CSC2C=CC=CC21. The number of hydrogen-bond acceptors (Lipinski definition) is 4. The zero-order chi connectivity index (χ0) is 21.6. The van der Waals surface area contributed by atoms with E-state index in [4.69, 9.17) is 0 Å². The number of nitrogens with one attached hydrogen (secondary N) is 1. The average molecular weight is 450 g/mol. The number of carboxylic acids is 1. The van der Waals surface area contributed by atoms with E-state index >= 15 is 0 Å². The highest BCUT2D eigenvalue weighted by Gasteiger charge is 2.40.